The van der Waals surface area contributed by atoms with Gasteiger partial charge in [-0.25, -0.2) is 5.01 Å². The molecule has 1 atom stereocenters. The number of carbonyl (C=O) groups is 1. The van der Waals surface area contributed by atoms with Crippen molar-refractivity contribution in [2.75, 3.05) is 7.11 Å². The molecule has 0 spiro atoms. The van der Waals surface area contributed by atoms with E-state index < -0.39 is 0 Å². The number of hydrogen-bond donors (Lipinski definition) is 0. The second-order valence-electron chi connectivity index (χ2n) is 7.38. The zero-order chi connectivity index (χ0) is 20.9. The molecule has 1 aliphatic rings. The zero-order valence-corrected chi connectivity index (χ0v) is 17.4. The van der Waals surface area contributed by atoms with Gasteiger partial charge in [0.1, 0.15) is 5.75 Å². The third-order valence-corrected chi connectivity index (χ3v) is 5.46. The Kier molecular flexibility index (Phi) is 5.89. The molecule has 0 N–H and O–H groups in total. The number of nitrogens with zero attached hydrogens (tertiary/aromatic N) is 3. The van der Waals surface area contributed by atoms with Gasteiger partial charge in [-0.1, -0.05) is 49.4 Å². The summed E-state index contributed by atoms with van der Waals surface area (Å²) in [4.78, 5) is 13.2. The molecule has 1 aliphatic heterocycles. The van der Waals surface area contributed by atoms with Gasteiger partial charge in [0.15, 0.2) is 12.4 Å². The maximum atomic E-state index is 13.2. The van der Waals surface area contributed by atoms with Gasteiger partial charge in [0, 0.05) is 18.6 Å². The predicted octanol–water partition coefficient (Wildman–Crippen LogP) is 3.92. The number of rotatable bonds is 6. The lowest BCUT2D eigenvalue weighted by atomic mass is 9.98. The first-order chi connectivity index (χ1) is 14.7. The fraction of sp³-hybridized carbons (Fsp3) is 0.240. The summed E-state index contributed by atoms with van der Waals surface area (Å²) in [6.07, 6.45) is 5.57. The van der Waals surface area contributed by atoms with Crippen molar-refractivity contribution >= 4 is 11.6 Å². The van der Waals surface area contributed by atoms with Crippen molar-refractivity contribution in [1.29, 1.82) is 0 Å². The van der Waals surface area contributed by atoms with E-state index in [4.69, 9.17) is 9.84 Å². The SMILES string of the molecule is CCc1cc[n+](CC(=O)N2N=C(c3ccccc3)C[C@H]2c2ccc(OC)cc2)cc1. The van der Waals surface area contributed by atoms with Gasteiger partial charge >= 0.3 is 5.91 Å². The molecule has 0 fully saturated rings. The Morgan fingerprint density at radius 3 is 2.40 bits per heavy atom. The first-order valence-electron chi connectivity index (χ1n) is 10.2. The van der Waals surface area contributed by atoms with Gasteiger partial charge in [0.05, 0.1) is 18.9 Å². The van der Waals surface area contributed by atoms with E-state index in [1.807, 2.05) is 71.6 Å². The maximum absolute atomic E-state index is 13.2. The zero-order valence-electron chi connectivity index (χ0n) is 17.4. The minimum atomic E-state index is -0.130. The fourth-order valence-electron chi connectivity index (χ4n) is 3.69. The molecule has 152 valence electrons. The number of hydrazone groups is 1. The molecule has 0 saturated heterocycles. The molecule has 0 bridgehead atoms. The highest BCUT2D eigenvalue weighted by Crippen LogP contribution is 2.33. The highest BCUT2D eigenvalue weighted by Gasteiger charge is 2.34. The van der Waals surface area contributed by atoms with E-state index in [0.717, 1.165) is 29.0 Å². The van der Waals surface area contributed by atoms with Crippen molar-refractivity contribution in [1.82, 2.24) is 5.01 Å². The minimum Gasteiger partial charge on any atom is -0.497 e. The predicted molar refractivity (Wildman–Crippen MR) is 116 cm³/mol. The molecule has 4 rings (SSSR count). The van der Waals surface area contributed by atoms with Crippen LogP contribution in [0.1, 0.15) is 36.1 Å². The van der Waals surface area contributed by atoms with Gasteiger partial charge in [0.25, 0.3) is 0 Å². The van der Waals surface area contributed by atoms with Gasteiger partial charge in [-0.2, -0.15) is 9.67 Å². The number of ether oxygens (including phenoxy) is 1. The summed E-state index contributed by atoms with van der Waals surface area (Å²) in [6.45, 7) is 2.37. The molecule has 2 heterocycles. The lowest BCUT2D eigenvalue weighted by Crippen LogP contribution is -2.42. The molecule has 0 unspecified atom stereocenters. The van der Waals surface area contributed by atoms with Crippen LogP contribution in [0.5, 0.6) is 5.75 Å². The van der Waals surface area contributed by atoms with Crippen molar-refractivity contribution in [3.63, 3.8) is 0 Å². The van der Waals surface area contributed by atoms with Crippen LogP contribution in [0.3, 0.4) is 0 Å². The quantitative estimate of drug-likeness (QED) is 0.589. The van der Waals surface area contributed by atoms with Crippen molar-refractivity contribution in [2.24, 2.45) is 5.10 Å². The summed E-state index contributed by atoms with van der Waals surface area (Å²) in [5.74, 6) is 0.765. The average Bonchev–Trinajstić information content (AvgIpc) is 3.26. The third-order valence-electron chi connectivity index (χ3n) is 5.46. The number of carbonyl (C=O) groups excluding carboxylic acids is 1. The molecule has 1 amide bonds. The van der Waals surface area contributed by atoms with Crippen molar-refractivity contribution in [3.8, 4) is 5.75 Å². The van der Waals surface area contributed by atoms with Crippen LogP contribution >= 0.6 is 0 Å². The van der Waals surface area contributed by atoms with Gasteiger partial charge in [-0.15, -0.1) is 0 Å². The van der Waals surface area contributed by atoms with Crippen LogP contribution in [-0.4, -0.2) is 23.7 Å². The Morgan fingerprint density at radius 1 is 1.07 bits per heavy atom. The molecule has 2 aromatic carbocycles. The van der Waals surface area contributed by atoms with E-state index >= 15 is 0 Å². The van der Waals surface area contributed by atoms with Crippen molar-refractivity contribution < 1.29 is 14.1 Å². The third kappa shape index (κ3) is 4.25. The van der Waals surface area contributed by atoms with E-state index in [2.05, 4.69) is 19.1 Å². The molecule has 3 aromatic rings. The second kappa shape index (κ2) is 8.91. The van der Waals surface area contributed by atoms with E-state index in [1.54, 1.807) is 12.1 Å². The van der Waals surface area contributed by atoms with E-state index in [1.165, 1.54) is 5.56 Å². The number of methoxy groups -OCH3 is 1. The molecule has 30 heavy (non-hydrogen) atoms. The highest BCUT2D eigenvalue weighted by molar-refractivity contribution is 6.03. The van der Waals surface area contributed by atoms with E-state index in [-0.39, 0.29) is 18.5 Å². The summed E-state index contributed by atoms with van der Waals surface area (Å²) in [5, 5.41) is 6.39. The van der Waals surface area contributed by atoms with E-state index in [9.17, 15) is 4.79 Å². The Balaban J connectivity index is 1.61. The Labute approximate surface area is 177 Å². The molecule has 0 radical (unpaired) electrons. The first kappa shape index (κ1) is 19.8. The minimum absolute atomic E-state index is 0.0315. The van der Waals surface area contributed by atoms with Crippen LogP contribution < -0.4 is 9.30 Å². The fourth-order valence-corrected chi connectivity index (χ4v) is 3.69. The van der Waals surface area contributed by atoms with Gasteiger partial charge in [0.2, 0.25) is 6.54 Å². The second-order valence-corrected chi connectivity index (χ2v) is 7.38. The number of hydrogen-bond acceptors (Lipinski definition) is 3. The summed E-state index contributed by atoms with van der Waals surface area (Å²) >= 11 is 0. The number of aryl methyl sites for hydroxylation is 1. The lowest BCUT2D eigenvalue weighted by molar-refractivity contribution is -0.685. The van der Waals surface area contributed by atoms with Crippen LogP contribution in [0.25, 0.3) is 0 Å². The monoisotopic (exact) mass is 400 g/mol. The summed E-state index contributed by atoms with van der Waals surface area (Å²) in [6, 6.07) is 21.9. The number of benzene rings is 2. The molecule has 5 heteroatoms. The summed E-state index contributed by atoms with van der Waals surface area (Å²) in [7, 11) is 1.65. The Bertz CT molecular complexity index is 1030. The van der Waals surface area contributed by atoms with Crippen LogP contribution in [0.4, 0.5) is 0 Å². The number of aromatic nitrogens is 1. The van der Waals surface area contributed by atoms with Gasteiger partial charge < -0.3 is 4.74 Å². The largest absolute Gasteiger partial charge is 0.497 e. The topological polar surface area (TPSA) is 45.8 Å². The summed E-state index contributed by atoms with van der Waals surface area (Å²) < 4.78 is 7.19. The van der Waals surface area contributed by atoms with Crippen LogP contribution in [0.2, 0.25) is 0 Å². The molecular weight excluding hydrogens is 374 g/mol. The van der Waals surface area contributed by atoms with E-state index in [0.29, 0.717) is 6.42 Å². The lowest BCUT2D eigenvalue weighted by Gasteiger charge is -2.21. The summed E-state index contributed by atoms with van der Waals surface area (Å²) in [5.41, 5.74) is 4.27. The van der Waals surface area contributed by atoms with Crippen molar-refractivity contribution in [3.05, 3.63) is 95.8 Å². The maximum Gasteiger partial charge on any atom is 0.309 e. The normalized spacial score (nSPS) is 15.7. The van der Waals surface area contributed by atoms with Crippen LogP contribution in [-0.2, 0) is 17.8 Å². The van der Waals surface area contributed by atoms with Crippen LogP contribution in [0, 0.1) is 0 Å². The first-order valence-corrected chi connectivity index (χ1v) is 10.2. The number of pyridine rings is 1. The van der Waals surface area contributed by atoms with Crippen molar-refractivity contribution in [2.45, 2.75) is 32.4 Å². The molecular formula is C25H26N3O2+. The Morgan fingerprint density at radius 2 is 1.77 bits per heavy atom. The molecule has 1 aromatic heterocycles. The van der Waals surface area contributed by atoms with Gasteiger partial charge in [-0.3, -0.25) is 4.79 Å². The molecule has 5 nitrogen and oxygen atoms in total. The average molecular weight is 401 g/mol. The van der Waals surface area contributed by atoms with Crippen LogP contribution in [0.15, 0.2) is 84.2 Å². The standard InChI is InChI=1S/C25H26N3O2/c1-3-19-13-15-27(16-14-19)18-25(29)28-24(21-9-11-22(30-2)12-10-21)17-23(26-28)20-7-5-4-6-8-20/h4-16,24H,3,17-18H2,1-2H3/q+1/t24-/m0/s1. The number of amides is 1. The smallest absolute Gasteiger partial charge is 0.309 e. The molecule has 0 saturated carbocycles. The molecule has 0 aliphatic carbocycles. The van der Waals surface area contributed by atoms with Gasteiger partial charge in [-0.05, 0) is 35.2 Å². The Hall–Kier alpha value is -3.47. The highest BCUT2D eigenvalue weighted by atomic mass is 16.5.